The first-order valence-electron chi connectivity index (χ1n) is 30.8. The molecule has 0 unspecified atom stereocenters. The van der Waals surface area contributed by atoms with Crippen molar-refractivity contribution in [3.8, 4) is 22.8 Å². The number of urea groups is 1. The Kier molecular flexibility index (Phi) is 26.4. The molecule has 0 spiro atoms. The average molecular weight is 1330 g/mol. The number of nitrogens with one attached hydrogen (secondary N) is 2. The molecule has 27 heteroatoms. The number of methoxy groups -OCH3 is 1. The van der Waals surface area contributed by atoms with E-state index >= 15 is 4.79 Å². The van der Waals surface area contributed by atoms with Crippen LogP contribution in [0.3, 0.4) is 0 Å². The van der Waals surface area contributed by atoms with Crippen molar-refractivity contribution in [1.29, 1.82) is 0 Å². The van der Waals surface area contributed by atoms with E-state index in [9.17, 15) is 24.0 Å². The lowest BCUT2D eigenvalue weighted by Gasteiger charge is -2.38. The Labute approximate surface area is 552 Å². The second-order valence-corrected chi connectivity index (χ2v) is 24.0. The number of benzene rings is 4. The van der Waals surface area contributed by atoms with Crippen LogP contribution < -0.4 is 30.7 Å². The van der Waals surface area contributed by atoms with Crippen molar-refractivity contribution in [2.75, 3.05) is 157 Å². The summed E-state index contributed by atoms with van der Waals surface area (Å²) < 4.78 is 28.7. The molecular weight excluding hydrogens is 1250 g/mol. The molecule has 0 aliphatic carbocycles. The van der Waals surface area contributed by atoms with Crippen LogP contribution in [0.5, 0.6) is 11.5 Å². The molecule has 494 valence electrons. The van der Waals surface area contributed by atoms with Crippen molar-refractivity contribution >= 4 is 88.0 Å². The lowest BCUT2D eigenvalue weighted by Crippen LogP contribution is -2.58. The van der Waals surface area contributed by atoms with Crippen LogP contribution in [0, 0.1) is 0 Å². The standard InChI is InChI=1S/C65H82Cl3N13O11/c1-44(2)92-54-38-51(88-5)20-21-52(54)63-74-61(46-10-16-49(67)17-11-46)62(47-12-18-50(68)19-13-47)81(63)65(87)80-31-30-79(60(86)43-80)42-59(85)76(4)41-57(83)71-24-7-33-90-35-37-91-36-34-89-32-6-23-70-56(82)40-75(3)58(84)22-25-77-26-28-78(29-27-77)55-39-53(72-64(69)73-55)45-8-14-48(66)15-9-45/h8-21,38-39,44,61-62H,6-7,22-37,40-43H2,1-5H3,(H,70,82)(H,71,83)(H2,69,72,73)/t61-,62+/m0/s1. The first-order chi connectivity index (χ1) is 44.3. The van der Waals surface area contributed by atoms with E-state index in [0.717, 1.165) is 54.4 Å². The van der Waals surface area contributed by atoms with E-state index in [1.807, 2.05) is 68.4 Å². The third-order valence-electron chi connectivity index (χ3n) is 15.5. The van der Waals surface area contributed by atoms with Crippen LogP contribution in [-0.4, -0.2) is 233 Å². The number of carbonyl (C=O) groups is 6. The highest BCUT2D eigenvalue weighted by molar-refractivity contribution is 6.31. The third-order valence-corrected chi connectivity index (χ3v) is 16.3. The summed E-state index contributed by atoms with van der Waals surface area (Å²) in [6, 6.07) is 27.4. The summed E-state index contributed by atoms with van der Waals surface area (Å²) in [7, 11) is 4.69. The molecule has 0 radical (unpaired) electrons. The van der Waals surface area contributed by atoms with Crippen LogP contribution >= 0.6 is 34.8 Å². The number of aromatic nitrogens is 2. The number of rotatable bonds is 31. The Balaban J connectivity index is 0.657. The number of piperazine rings is 2. The zero-order chi connectivity index (χ0) is 65.7. The number of amidine groups is 1. The highest BCUT2D eigenvalue weighted by atomic mass is 35.5. The first kappa shape index (κ1) is 70.0. The molecule has 3 aliphatic rings. The van der Waals surface area contributed by atoms with E-state index in [0.29, 0.717) is 117 Å². The number of carbonyl (C=O) groups excluding carboxylic acids is 6. The third kappa shape index (κ3) is 20.3. The number of amides is 7. The van der Waals surface area contributed by atoms with Crippen molar-refractivity contribution in [3.63, 3.8) is 0 Å². The molecule has 2 fully saturated rings. The maximum Gasteiger partial charge on any atom is 0.326 e. The van der Waals surface area contributed by atoms with Gasteiger partial charge in [-0.15, -0.1) is 0 Å². The van der Waals surface area contributed by atoms with Gasteiger partial charge in [-0.05, 0) is 86.3 Å². The zero-order valence-corrected chi connectivity index (χ0v) is 55.0. The lowest BCUT2D eigenvalue weighted by atomic mass is 9.93. The maximum absolute atomic E-state index is 15.1. The van der Waals surface area contributed by atoms with E-state index in [2.05, 4.69) is 30.4 Å². The van der Waals surface area contributed by atoms with Gasteiger partial charge >= 0.3 is 6.03 Å². The summed E-state index contributed by atoms with van der Waals surface area (Å²) in [5.41, 5.74) is 9.77. The van der Waals surface area contributed by atoms with Gasteiger partial charge in [0.1, 0.15) is 35.7 Å². The van der Waals surface area contributed by atoms with Crippen LogP contribution in [-0.2, 0) is 38.2 Å². The fourth-order valence-corrected chi connectivity index (χ4v) is 11.0. The van der Waals surface area contributed by atoms with Crippen molar-refractivity contribution in [1.82, 2.24) is 50.0 Å². The maximum atomic E-state index is 15.1. The van der Waals surface area contributed by atoms with Gasteiger partial charge in [-0.25, -0.2) is 9.78 Å². The van der Waals surface area contributed by atoms with E-state index in [1.54, 1.807) is 61.5 Å². The Morgan fingerprint density at radius 2 is 1.25 bits per heavy atom. The molecule has 7 amide bonds. The fraction of sp³-hybridized carbons (Fsp3) is 0.462. The summed E-state index contributed by atoms with van der Waals surface area (Å²) in [4.78, 5) is 106. The Morgan fingerprint density at radius 3 is 1.83 bits per heavy atom. The Morgan fingerprint density at radius 1 is 0.685 bits per heavy atom. The van der Waals surface area contributed by atoms with Gasteiger partial charge in [-0.1, -0.05) is 71.2 Å². The molecule has 2 saturated heterocycles. The quantitative estimate of drug-likeness (QED) is 0.0401. The molecule has 0 saturated carbocycles. The van der Waals surface area contributed by atoms with E-state index in [1.165, 1.54) is 26.6 Å². The number of nitrogen functional groups attached to an aromatic ring is 1. The molecular formula is C65H82Cl3N13O11. The van der Waals surface area contributed by atoms with Gasteiger partial charge in [0.05, 0.1) is 76.6 Å². The predicted molar refractivity (Wildman–Crippen MR) is 352 cm³/mol. The Bertz CT molecular complexity index is 3320. The van der Waals surface area contributed by atoms with Gasteiger partial charge in [-0.3, -0.25) is 38.8 Å². The van der Waals surface area contributed by atoms with Gasteiger partial charge < -0.3 is 64.6 Å². The molecule has 92 heavy (non-hydrogen) atoms. The summed E-state index contributed by atoms with van der Waals surface area (Å²) in [5, 5.41) is 7.34. The van der Waals surface area contributed by atoms with Crippen molar-refractivity contribution in [2.24, 2.45) is 4.99 Å². The fourth-order valence-electron chi connectivity index (χ4n) is 10.6. The molecule has 4 N–H and O–H groups in total. The summed E-state index contributed by atoms with van der Waals surface area (Å²) in [6.45, 7) is 9.64. The van der Waals surface area contributed by atoms with Crippen LogP contribution in [0.1, 0.15) is 61.9 Å². The highest BCUT2D eigenvalue weighted by Gasteiger charge is 2.46. The van der Waals surface area contributed by atoms with Crippen LogP contribution in [0.4, 0.5) is 16.6 Å². The number of hydrogen-bond acceptors (Lipinski definition) is 17. The normalized spacial score (nSPS) is 16.0. The minimum atomic E-state index is -0.685. The largest absolute Gasteiger partial charge is 0.497 e. The monoisotopic (exact) mass is 1330 g/mol. The molecule has 3 aliphatic heterocycles. The molecule has 2 atom stereocenters. The van der Waals surface area contributed by atoms with Crippen LogP contribution in [0.25, 0.3) is 11.3 Å². The number of hydrogen-bond donors (Lipinski definition) is 3. The van der Waals surface area contributed by atoms with E-state index < -0.39 is 29.9 Å². The van der Waals surface area contributed by atoms with Crippen LogP contribution in [0.2, 0.25) is 15.1 Å². The van der Waals surface area contributed by atoms with E-state index in [-0.39, 0.29) is 69.0 Å². The highest BCUT2D eigenvalue weighted by Crippen LogP contribution is 2.46. The average Bonchev–Trinajstić information content (AvgIpc) is 1.58. The number of nitrogens with zero attached hydrogens (tertiary/aromatic N) is 10. The minimum absolute atomic E-state index is 0.0331. The summed E-state index contributed by atoms with van der Waals surface area (Å²) in [6.07, 6.45) is 1.19. The number of anilines is 2. The second-order valence-electron chi connectivity index (χ2n) is 22.7. The summed E-state index contributed by atoms with van der Waals surface area (Å²) in [5.74, 6) is 0.699. The van der Waals surface area contributed by atoms with Gasteiger partial charge in [-0.2, -0.15) is 4.98 Å². The minimum Gasteiger partial charge on any atom is -0.497 e. The number of halogens is 3. The number of nitrogens with two attached hydrogens (primary N) is 1. The molecule has 5 aromatic rings. The van der Waals surface area contributed by atoms with Crippen molar-refractivity contribution in [2.45, 2.75) is 51.3 Å². The van der Waals surface area contributed by atoms with Gasteiger partial charge in [0, 0.05) is 125 Å². The first-order valence-corrected chi connectivity index (χ1v) is 31.9. The van der Waals surface area contributed by atoms with Gasteiger partial charge in [0.15, 0.2) is 0 Å². The molecule has 1 aromatic heterocycles. The molecule has 0 bridgehead atoms. The number of ether oxygens (including phenoxy) is 5. The summed E-state index contributed by atoms with van der Waals surface area (Å²) >= 11 is 18.8. The molecule has 8 rings (SSSR count). The number of likely N-dealkylation sites (N-methyl/N-ethyl adjacent to an activating group) is 2. The zero-order valence-electron chi connectivity index (χ0n) is 52.7. The van der Waals surface area contributed by atoms with Crippen molar-refractivity contribution in [3.05, 3.63) is 129 Å². The SMILES string of the molecule is COc1ccc(C2=N[C@@H](c3ccc(Cl)cc3)[C@@H](c3ccc(Cl)cc3)N2C(=O)N2CCN(CC(=O)N(C)CC(=O)NCCCOCCOCCOCCCNC(=O)CN(C)C(=O)CCN3CCN(c4cc(-c5ccc(Cl)cc5)nc(N)n4)CC3)C(=O)C2)c(OC(C)C)c1. The van der Waals surface area contributed by atoms with Gasteiger partial charge in [0.2, 0.25) is 35.5 Å². The molecule has 4 aromatic carbocycles. The topological polar surface area (TPSA) is 259 Å². The van der Waals surface area contributed by atoms with Crippen LogP contribution in [0.15, 0.2) is 102 Å². The van der Waals surface area contributed by atoms with E-state index in [4.69, 9.17) is 69.2 Å². The second kappa shape index (κ2) is 34.7. The number of aliphatic imine (C=N–C) groups is 1. The molecule has 24 nitrogen and oxygen atoms in total. The van der Waals surface area contributed by atoms with Crippen molar-refractivity contribution < 1.29 is 52.5 Å². The van der Waals surface area contributed by atoms with Gasteiger partial charge in [0.25, 0.3) is 0 Å². The Hall–Kier alpha value is -7.84. The smallest absolute Gasteiger partial charge is 0.326 e. The lowest BCUT2D eigenvalue weighted by molar-refractivity contribution is -0.143. The molecule has 4 heterocycles. The predicted octanol–water partition coefficient (Wildman–Crippen LogP) is 6.48.